The number of carboxylic acids is 3. The number of carbonyl (C=O) groups is 16. The lowest BCUT2D eigenvalue weighted by molar-refractivity contribution is -0.161. The second-order valence-electron chi connectivity index (χ2n) is 35.7. The zero-order valence-corrected chi connectivity index (χ0v) is 79.5. The van der Waals surface area contributed by atoms with Gasteiger partial charge in [-0.05, 0) is 169 Å². The number of thioether (sulfide) groups is 1. The topological polar surface area (TPSA) is 391 Å². The fourth-order valence-corrected chi connectivity index (χ4v) is 17.8. The van der Waals surface area contributed by atoms with Crippen LogP contribution in [0.25, 0.3) is 0 Å². The number of hydrogen-bond acceptors (Lipinski definition) is 19. The van der Waals surface area contributed by atoms with Crippen molar-refractivity contribution in [1.82, 2.24) is 21.3 Å². The van der Waals surface area contributed by atoms with Gasteiger partial charge in [0, 0.05) is 126 Å². The zero-order valence-electron chi connectivity index (χ0n) is 77.8. The van der Waals surface area contributed by atoms with E-state index in [9.17, 15) is 86.9 Å². The van der Waals surface area contributed by atoms with Crippen LogP contribution in [0.5, 0.6) is 0 Å². The Balaban J connectivity index is 0.000000435. The number of esters is 1. The summed E-state index contributed by atoms with van der Waals surface area (Å²) >= 11 is 6.28. The van der Waals surface area contributed by atoms with Crippen LogP contribution in [0.1, 0.15) is 242 Å². The van der Waals surface area contributed by atoms with E-state index in [1.54, 1.807) is 20.8 Å². The summed E-state index contributed by atoms with van der Waals surface area (Å²) in [6, 6.07) is 67.8. The Morgan fingerprint density at radius 3 is 1.03 bits per heavy atom. The van der Waals surface area contributed by atoms with Crippen molar-refractivity contribution in [1.29, 1.82) is 0 Å². The normalized spacial score (nSPS) is 13.6. The molecular formula is C107H134N4O20S2. The van der Waals surface area contributed by atoms with Crippen LogP contribution in [0.4, 0.5) is 0 Å². The SMILES string of the molecule is CC(=O)CC[C@H](CC(=O)C[C@@H](CCC(=O)NCCCC(=O)C[C@@H](Cc1ccccc1)C(=O)N[C@@H](Cc1ccccc1)C(=O)CCCC(C)SC(c1ccccc1)(c1ccccc1)c1ccccc1)C(=O)OC(C)(C)C)C(C)=O.CC(S)CCCC(=O)[C@H](Cc1ccccc1)NC(=O)[C@@H](CC(=O)CCCNC(=O)CC[C@H](CC(=O)C[C@@H](CCC(=O)O)C(=O)O)C(=O)O)Cc1ccccc1. The van der Waals surface area contributed by atoms with Crippen molar-refractivity contribution >= 4 is 118 Å². The molecule has 133 heavy (non-hydrogen) atoms. The number of hydrogen-bond donors (Lipinski definition) is 8. The molecule has 0 radical (unpaired) electrons. The Labute approximate surface area is 792 Å². The predicted molar refractivity (Wildman–Crippen MR) is 517 cm³/mol. The number of carbonyl (C=O) groups excluding carboxylic acids is 13. The van der Waals surface area contributed by atoms with Crippen LogP contribution < -0.4 is 21.3 Å². The van der Waals surface area contributed by atoms with E-state index in [0.29, 0.717) is 32.1 Å². The maximum absolute atomic E-state index is 14.4. The van der Waals surface area contributed by atoms with Crippen LogP contribution in [-0.4, -0.2) is 150 Å². The van der Waals surface area contributed by atoms with Crippen molar-refractivity contribution in [3.63, 3.8) is 0 Å². The van der Waals surface area contributed by atoms with Crippen molar-refractivity contribution in [2.45, 2.75) is 261 Å². The Morgan fingerprint density at radius 2 is 0.684 bits per heavy atom. The lowest BCUT2D eigenvalue weighted by Crippen LogP contribution is -2.45. The van der Waals surface area contributed by atoms with E-state index in [4.69, 9.17) is 9.84 Å². The van der Waals surface area contributed by atoms with Gasteiger partial charge in [0.25, 0.3) is 0 Å². The van der Waals surface area contributed by atoms with Crippen molar-refractivity contribution in [2.75, 3.05) is 13.1 Å². The molecule has 0 bridgehead atoms. The highest BCUT2D eigenvalue weighted by molar-refractivity contribution is 8.01. The van der Waals surface area contributed by atoms with Gasteiger partial charge in [-0.25, -0.2) is 0 Å². The molecular weight excluding hydrogens is 1730 g/mol. The van der Waals surface area contributed by atoms with Gasteiger partial charge in [-0.2, -0.15) is 12.6 Å². The number of benzene rings is 7. The van der Waals surface area contributed by atoms with E-state index in [2.05, 4.69) is 114 Å². The molecule has 0 fully saturated rings. The molecule has 2 unspecified atom stereocenters. The summed E-state index contributed by atoms with van der Waals surface area (Å²) in [5.74, 6) is -13.5. The number of Topliss-reactive ketones (excluding diaryl/α,β-unsaturated/α-hetero) is 8. The number of thiol groups is 1. The standard InChI is InChI=1S/C66H80N2O9S.C41H54N2O11S/c1-47(69)37-38-52(49(3)70)44-59(72)45-53(64(76)77-65(4,5)6)39-40-62(74)67-41-23-35-58(71)46-54(42-50-25-12-7-13-26-50)63(75)68-60(43-51-27-14-8-15-28-51)61(73)36-22-24-48(2)78-66(55-29-16-9-17-30-55,56-31-18-10-19-32-56)57-33-20-11-21-34-57;1-27(55)10-8-16-36(46)35(23-29-13-6-3-7-14-29)43-39(50)32(22-28-11-4-2-5-12-28)26-33(44)15-9-21-42-37(47)19-17-30(40(51)52)24-34(45)25-31(41(53)54)18-20-38(48)49/h7-21,25-34,48,52-54,60H,22-24,35-46H2,1-6H3,(H,67,74)(H,68,75);2-7,11-14,27,30-32,35,55H,8-10,15-26H2,1H3,(H,42,47)(H,43,50)(H,48,49)(H,51,52)(H,53,54)/t48?,52-,53-,54-,60+;27?,30-,31-,32-,35+/m11/s1. The summed E-state index contributed by atoms with van der Waals surface area (Å²) in [7, 11) is 0. The highest BCUT2D eigenvalue weighted by Crippen LogP contribution is 2.51. The second kappa shape index (κ2) is 59.1. The van der Waals surface area contributed by atoms with Gasteiger partial charge in [-0.15, -0.1) is 11.8 Å². The minimum atomic E-state index is -1.35. The molecule has 0 heterocycles. The van der Waals surface area contributed by atoms with E-state index < -0.39 is 119 Å². The monoisotopic (exact) mass is 1860 g/mol. The minimum absolute atomic E-state index is 0.0325. The first kappa shape index (κ1) is 110. The largest absolute Gasteiger partial charge is 0.481 e. The Morgan fingerprint density at radius 1 is 0.361 bits per heavy atom. The summed E-state index contributed by atoms with van der Waals surface area (Å²) < 4.78 is 5.09. The third-order valence-corrected chi connectivity index (χ3v) is 25.1. The average molecular weight is 1860 g/mol. The first-order valence-corrected chi connectivity index (χ1v) is 47.7. The molecule has 24 nitrogen and oxygen atoms in total. The fourth-order valence-electron chi connectivity index (χ4n) is 15.9. The van der Waals surface area contributed by atoms with Crippen molar-refractivity contribution < 1.29 is 96.8 Å². The first-order chi connectivity index (χ1) is 63.5. The number of ketones is 8. The average Bonchev–Trinajstić information content (AvgIpc) is 0.752. The number of ether oxygens (including phenoxy) is 1. The Kier molecular flexibility index (Phi) is 48.9. The first-order valence-electron chi connectivity index (χ1n) is 46.3. The molecule has 0 aliphatic heterocycles. The Hall–Kier alpha value is -11.6. The van der Waals surface area contributed by atoms with Crippen LogP contribution >= 0.6 is 24.4 Å². The van der Waals surface area contributed by atoms with Gasteiger partial charge < -0.3 is 46.1 Å². The minimum Gasteiger partial charge on any atom is -0.481 e. The molecule has 0 aromatic heterocycles. The third-order valence-electron chi connectivity index (χ3n) is 23.1. The maximum atomic E-state index is 14.4. The highest BCUT2D eigenvalue weighted by Gasteiger charge is 2.40. The molecule has 10 atom stereocenters. The summed E-state index contributed by atoms with van der Waals surface area (Å²) in [6.07, 6.45) is 3.00. The molecule has 26 heteroatoms. The van der Waals surface area contributed by atoms with E-state index in [1.165, 1.54) is 30.5 Å². The molecule has 0 saturated carbocycles. The second-order valence-corrected chi connectivity index (χ2v) is 38.2. The summed E-state index contributed by atoms with van der Waals surface area (Å²) in [5.41, 5.74) is 6.22. The summed E-state index contributed by atoms with van der Waals surface area (Å²) in [6.45, 7) is 12.4. The van der Waals surface area contributed by atoms with Crippen LogP contribution in [0, 0.1) is 35.5 Å². The van der Waals surface area contributed by atoms with Gasteiger partial charge >= 0.3 is 23.9 Å². The third kappa shape index (κ3) is 42.9. The maximum Gasteiger partial charge on any atom is 0.309 e. The molecule has 7 aromatic carbocycles. The van der Waals surface area contributed by atoms with Crippen LogP contribution in [0.3, 0.4) is 0 Å². The fraction of sp³-hybridized carbons (Fsp3) is 0.458. The van der Waals surface area contributed by atoms with Gasteiger partial charge in [0.15, 0.2) is 11.6 Å². The van der Waals surface area contributed by atoms with Crippen LogP contribution in [0.2, 0.25) is 0 Å². The number of carboxylic acid groups (broad SMARTS) is 3. The lowest BCUT2D eigenvalue weighted by Gasteiger charge is -2.37. The highest BCUT2D eigenvalue weighted by atomic mass is 32.2. The smallest absolute Gasteiger partial charge is 0.309 e. The number of amides is 4. The lowest BCUT2D eigenvalue weighted by atomic mass is 9.84. The van der Waals surface area contributed by atoms with Crippen LogP contribution in [-0.2, 0) is 112 Å². The van der Waals surface area contributed by atoms with Crippen LogP contribution in [0.15, 0.2) is 212 Å². The van der Waals surface area contributed by atoms with Crippen molar-refractivity contribution in [3.8, 4) is 0 Å². The molecule has 7 N–H and O–H groups in total. The van der Waals surface area contributed by atoms with E-state index in [-0.39, 0.29) is 191 Å². The van der Waals surface area contributed by atoms with Gasteiger partial charge in [-0.3, -0.25) is 71.9 Å². The van der Waals surface area contributed by atoms with Crippen molar-refractivity contribution in [2.24, 2.45) is 35.5 Å². The van der Waals surface area contributed by atoms with E-state index in [0.717, 1.165) is 35.1 Å². The number of rotatable bonds is 63. The van der Waals surface area contributed by atoms with Crippen molar-refractivity contribution in [3.05, 3.63) is 251 Å². The zero-order chi connectivity index (χ0) is 97.3. The van der Waals surface area contributed by atoms with Gasteiger partial charge in [-0.1, -0.05) is 226 Å². The molecule has 0 aliphatic rings. The van der Waals surface area contributed by atoms with Gasteiger partial charge in [0.05, 0.1) is 34.6 Å². The molecule has 714 valence electrons. The van der Waals surface area contributed by atoms with E-state index in [1.807, 2.05) is 158 Å². The molecule has 0 spiro atoms. The van der Waals surface area contributed by atoms with Gasteiger partial charge in [0.1, 0.15) is 40.3 Å². The summed E-state index contributed by atoms with van der Waals surface area (Å²) in [5, 5.41) is 39.4. The number of nitrogens with one attached hydrogen (secondary N) is 4. The molecule has 0 aliphatic carbocycles. The molecule has 7 rings (SSSR count). The molecule has 7 aromatic rings. The quantitative estimate of drug-likeness (QED) is 0.00759. The molecule has 0 saturated heterocycles. The van der Waals surface area contributed by atoms with Gasteiger partial charge in [0.2, 0.25) is 23.6 Å². The Bertz CT molecular complexity index is 4790. The van der Waals surface area contributed by atoms with E-state index >= 15 is 0 Å². The predicted octanol–water partition coefficient (Wildman–Crippen LogP) is 16.8. The molecule has 4 amide bonds. The number of aliphatic carboxylic acids is 3. The summed E-state index contributed by atoms with van der Waals surface area (Å²) in [4.78, 5) is 205.